The predicted octanol–water partition coefficient (Wildman–Crippen LogP) is 3.30. The second-order valence-electron chi connectivity index (χ2n) is 5.83. The van der Waals surface area contributed by atoms with Gasteiger partial charge < -0.3 is 10.1 Å². The highest BCUT2D eigenvalue weighted by Gasteiger charge is 2.42. The zero-order valence-electron chi connectivity index (χ0n) is 13.3. The number of ether oxygens (including phenoxy) is 1. The molecule has 0 bridgehead atoms. The summed E-state index contributed by atoms with van der Waals surface area (Å²) in [5.41, 5.74) is 0.360. The van der Waals surface area contributed by atoms with Crippen molar-refractivity contribution in [2.75, 3.05) is 12.9 Å². The van der Waals surface area contributed by atoms with Gasteiger partial charge in [0.2, 0.25) is 5.91 Å². The highest BCUT2D eigenvalue weighted by Crippen LogP contribution is 2.39. The molecule has 118 valence electrons. The molecule has 1 saturated carbocycles. The molecule has 2 unspecified atom stereocenters. The Hall–Kier alpha value is -1.67. The third-order valence-electron chi connectivity index (χ3n) is 4.07. The summed E-state index contributed by atoms with van der Waals surface area (Å²) in [6, 6.07) is 10.1. The summed E-state index contributed by atoms with van der Waals surface area (Å²) in [6.45, 7) is 3.87. The molecule has 4 nitrogen and oxygen atoms in total. The van der Waals surface area contributed by atoms with Crippen molar-refractivity contribution in [3.8, 4) is 11.8 Å². The van der Waals surface area contributed by atoms with E-state index in [2.05, 4.69) is 18.3 Å². The van der Waals surface area contributed by atoms with Crippen LogP contribution >= 0.6 is 11.8 Å². The van der Waals surface area contributed by atoms with Gasteiger partial charge in [-0.2, -0.15) is 5.26 Å². The first kappa shape index (κ1) is 16.7. The molecule has 1 amide bonds. The first-order valence-corrected chi connectivity index (χ1v) is 8.52. The second-order valence-corrected chi connectivity index (χ2v) is 7.16. The number of para-hydroxylation sites is 1. The molecule has 0 heterocycles. The first-order chi connectivity index (χ1) is 10.5. The number of carbonyl (C=O) groups excluding carboxylic acids is 1. The van der Waals surface area contributed by atoms with E-state index < -0.39 is 5.54 Å². The molecule has 0 aromatic heterocycles. The summed E-state index contributed by atoms with van der Waals surface area (Å²) in [5, 5.41) is 12.3. The Labute approximate surface area is 136 Å². The fourth-order valence-corrected chi connectivity index (χ4v) is 3.35. The number of carbonyl (C=O) groups is 1. The van der Waals surface area contributed by atoms with E-state index >= 15 is 0 Å². The lowest BCUT2D eigenvalue weighted by Gasteiger charge is -2.23. The molecule has 5 heteroatoms. The Kier molecular flexibility index (Phi) is 5.36. The van der Waals surface area contributed by atoms with Gasteiger partial charge in [0.1, 0.15) is 11.3 Å². The molecule has 2 rings (SSSR count). The van der Waals surface area contributed by atoms with Crippen LogP contribution in [0.25, 0.3) is 0 Å². The van der Waals surface area contributed by atoms with E-state index in [4.69, 9.17) is 4.74 Å². The number of amides is 1. The van der Waals surface area contributed by atoms with Crippen LogP contribution in [-0.2, 0) is 4.79 Å². The van der Waals surface area contributed by atoms with Crippen molar-refractivity contribution >= 4 is 17.7 Å². The van der Waals surface area contributed by atoms with E-state index in [-0.39, 0.29) is 11.2 Å². The van der Waals surface area contributed by atoms with Gasteiger partial charge in [0.05, 0.1) is 18.9 Å². The Morgan fingerprint density at radius 2 is 2.23 bits per heavy atom. The molecule has 0 aliphatic heterocycles. The van der Waals surface area contributed by atoms with Crippen molar-refractivity contribution in [3.63, 3.8) is 0 Å². The van der Waals surface area contributed by atoms with Gasteiger partial charge in [-0.3, -0.25) is 4.79 Å². The minimum Gasteiger partial charge on any atom is -0.496 e. The molecular weight excluding hydrogens is 296 g/mol. The summed E-state index contributed by atoms with van der Waals surface area (Å²) in [5.74, 6) is 1.40. The lowest BCUT2D eigenvalue weighted by Crippen LogP contribution is -2.47. The maximum atomic E-state index is 12.1. The molecular formula is C17H22N2O2S. The molecule has 1 aromatic rings. The van der Waals surface area contributed by atoms with Gasteiger partial charge in [-0.25, -0.2) is 0 Å². The van der Waals surface area contributed by atoms with Crippen LogP contribution in [0.15, 0.2) is 24.3 Å². The van der Waals surface area contributed by atoms with Crippen LogP contribution in [0, 0.1) is 17.2 Å². The number of thioether (sulfide) groups is 1. The van der Waals surface area contributed by atoms with Crippen molar-refractivity contribution in [1.29, 1.82) is 5.26 Å². The minimum absolute atomic E-state index is 0.0808. The standard InChI is InChI=1S/C17H22N2O2S/c1-12(14-6-4-5-7-15(14)21-3)22-10-16(20)19-17(2,11-18)13-8-9-13/h4-7,12-13H,8-10H2,1-3H3,(H,19,20). The Bertz CT molecular complexity index is 580. The maximum Gasteiger partial charge on any atom is 0.231 e. The molecule has 0 radical (unpaired) electrons. The Balaban J connectivity index is 1.89. The normalized spacial score (nSPS) is 17.9. The van der Waals surface area contributed by atoms with E-state index in [1.807, 2.05) is 31.2 Å². The summed E-state index contributed by atoms with van der Waals surface area (Å²) in [4.78, 5) is 12.1. The van der Waals surface area contributed by atoms with Gasteiger partial charge in [-0.1, -0.05) is 18.2 Å². The monoisotopic (exact) mass is 318 g/mol. The zero-order valence-corrected chi connectivity index (χ0v) is 14.1. The van der Waals surface area contributed by atoms with Gasteiger partial charge in [-0.15, -0.1) is 11.8 Å². The SMILES string of the molecule is COc1ccccc1C(C)SCC(=O)NC(C)(C#N)C1CC1. The summed E-state index contributed by atoms with van der Waals surface area (Å²) < 4.78 is 5.35. The summed E-state index contributed by atoms with van der Waals surface area (Å²) >= 11 is 1.55. The number of nitrogens with one attached hydrogen (secondary N) is 1. The maximum absolute atomic E-state index is 12.1. The Morgan fingerprint density at radius 1 is 1.55 bits per heavy atom. The number of hydrogen-bond acceptors (Lipinski definition) is 4. The van der Waals surface area contributed by atoms with Crippen molar-refractivity contribution in [1.82, 2.24) is 5.32 Å². The number of hydrogen-bond donors (Lipinski definition) is 1. The van der Waals surface area contributed by atoms with Crippen molar-refractivity contribution in [2.45, 2.75) is 37.5 Å². The quantitative estimate of drug-likeness (QED) is 0.838. The van der Waals surface area contributed by atoms with Crippen LogP contribution in [0.5, 0.6) is 5.75 Å². The van der Waals surface area contributed by atoms with Gasteiger partial charge >= 0.3 is 0 Å². The van der Waals surface area contributed by atoms with Crippen LogP contribution in [0.1, 0.15) is 37.5 Å². The summed E-state index contributed by atoms with van der Waals surface area (Å²) in [6.07, 6.45) is 2.05. The van der Waals surface area contributed by atoms with E-state index in [1.165, 1.54) is 0 Å². The molecule has 22 heavy (non-hydrogen) atoms. The number of benzene rings is 1. The number of nitriles is 1. The van der Waals surface area contributed by atoms with Crippen LogP contribution < -0.4 is 10.1 Å². The molecule has 0 saturated heterocycles. The van der Waals surface area contributed by atoms with Gasteiger partial charge in [-0.05, 0) is 38.7 Å². The summed E-state index contributed by atoms with van der Waals surface area (Å²) in [7, 11) is 1.65. The topological polar surface area (TPSA) is 62.1 Å². The van der Waals surface area contributed by atoms with Crippen LogP contribution in [0.2, 0.25) is 0 Å². The number of methoxy groups -OCH3 is 1. The van der Waals surface area contributed by atoms with Crippen LogP contribution in [0.3, 0.4) is 0 Å². The van der Waals surface area contributed by atoms with Gasteiger partial charge in [0.15, 0.2) is 0 Å². The average Bonchev–Trinajstić information content (AvgIpc) is 3.37. The van der Waals surface area contributed by atoms with E-state index in [0.29, 0.717) is 11.7 Å². The lowest BCUT2D eigenvalue weighted by atomic mass is 9.98. The van der Waals surface area contributed by atoms with Crippen LogP contribution in [-0.4, -0.2) is 24.3 Å². The fourth-order valence-electron chi connectivity index (χ4n) is 2.50. The average molecular weight is 318 g/mol. The van der Waals surface area contributed by atoms with Gasteiger partial charge in [0, 0.05) is 10.8 Å². The van der Waals surface area contributed by atoms with Crippen molar-refractivity contribution in [2.24, 2.45) is 5.92 Å². The molecule has 1 aromatic carbocycles. The smallest absolute Gasteiger partial charge is 0.231 e. The van der Waals surface area contributed by atoms with Crippen LogP contribution in [0.4, 0.5) is 0 Å². The molecule has 1 aliphatic rings. The Morgan fingerprint density at radius 3 is 2.82 bits per heavy atom. The molecule has 1 fully saturated rings. The second kappa shape index (κ2) is 7.06. The first-order valence-electron chi connectivity index (χ1n) is 7.47. The highest BCUT2D eigenvalue weighted by atomic mass is 32.2. The largest absolute Gasteiger partial charge is 0.496 e. The number of nitrogens with zero attached hydrogens (tertiary/aromatic N) is 1. The van der Waals surface area contributed by atoms with Crippen molar-refractivity contribution in [3.05, 3.63) is 29.8 Å². The van der Waals surface area contributed by atoms with Crippen molar-refractivity contribution < 1.29 is 9.53 Å². The molecule has 0 spiro atoms. The zero-order chi connectivity index (χ0) is 16.2. The third-order valence-corrected chi connectivity index (χ3v) is 5.25. The van der Waals surface area contributed by atoms with E-state index in [1.54, 1.807) is 18.9 Å². The minimum atomic E-state index is -0.717. The van der Waals surface area contributed by atoms with E-state index in [0.717, 1.165) is 24.2 Å². The third kappa shape index (κ3) is 3.95. The highest BCUT2D eigenvalue weighted by molar-refractivity contribution is 8.00. The molecule has 1 N–H and O–H groups in total. The number of rotatable bonds is 7. The molecule has 1 aliphatic carbocycles. The lowest BCUT2D eigenvalue weighted by molar-refractivity contribution is -0.119. The fraction of sp³-hybridized carbons (Fsp3) is 0.529. The van der Waals surface area contributed by atoms with Gasteiger partial charge in [0.25, 0.3) is 0 Å². The molecule has 2 atom stereocenters. The predicted molar refractivity (Wildman–Crippen MR) is 88.8 cm³/mol. The van der Waals surface area contributed by atoms with E-state index in [9.17, 15) is 10.1 Å².